The van der Waals surface area contributed by atoms with E-state index in [-0.39, 0.29) is 18.4 Å². The molecule has 1 aromatic carbocycles. The second-order valence-electron chi connectivity index (χ2n) is 3.72. The molecular formula is C12H15ClN2O2. The Kier molecular flexibility index (Phi) is 4.97. The average molecular weight is 255 g/mol. The van der Waals surface area contributed by atoms with Crippen LogP contribution in [0.15, 0.2) is 30.3 Å². The molecule has 0 aliphatic heterocycles. The highest BCUT2D eigenvalue weighted by atomic mass is 35.5. The first kappa shape index (κ1) is 13.5. The molecule has 0 aromatic heterocycles. The Hall–Kier alpha value is -1.55. The summed E-state index contributed by atoms with van der Waals surface area (Å²) in [6, 6.07) is 9.07. The summed E-state index contributed by atoms with van der Waals surface area (Å²) >= 11 is 5.64. The molecule has 0 aliphatic rings. The van der Waals surface area contributed by atoms with Gasteiger partial charge in [-0.3, -0.25) is 9.59 Å². The number of likely N-dealkylation sites (N-methyl/N-ethyl adjacent to an activating group) is 1. The topological polar surface area (TPSA) is 49.4 Å². The molecule has 1 atom stereocenters. The minimum absolute atomic E-state index is 0.00914. The zero-order chi connectivity index (χ0) is 12.8. The van der Waals surface area contributed by atoms with E-state index in [1.54, 1.807) is 26.1 Å². The third-order valence-electron chi connectivity index (χ3n) is 2.15. The maximum Gasteiger partial charge on any atom is 0.243 e. The van der Waals surface area contributed by atoms with E-state index in [9.17, 15) is 9.59 Å². The molecule has 0 bridgehead atoms. The molecule has 0 aliphatic carbocycles. The van der Waals surface area contributed by atoms with E-state index in [4.69, 9.17) is 11.6 Å². The van der Waals surface area contributed by atoms with E-state index in [1.165, 1.54) is 4.90 Å². The minimum atomic E-state index is -0.621. The number of benzene rings is 1. The Morgan fingerprint density at radius 2 is 1.94 bits per heavy atom. The first-order valence-corrected chi connectivity index (χ1v) is 5.68. The molecule has 17 heavy (non-hydrogen) atoms. The van der Waals surface area contributed by atoms with Gasteiger partial charge in [-0.25, -0.2) is 0 Å². The molecule has 4 nitrogen and oxygen atoms in total. The lowest BCUT2D eigenvalue weighted by atomic mass is 10.3. The van der Waals surface area contributed by atoms with Crippen molar-refractivity contribution in [3.05, 3.63) is 30.3 Å². The third kappa shape index (κ3) is 4.44. The fourth-order valence-corrected chi connectivity index (χ4v) is 1.49. The van der Waals surface area contributed by atoms with Crippen LogP contribution in [0.25, 0.3) is 0 Å². The van der Waals surface area contributed by atoms with E-state index in [1.807, 2.05) is 18.2 Å². The summed E-state index contributed by atoms with van der Waals surface area (Å²) in [5.74, 6) is -0.515. The van der Waals surface area contributed by atoms with Crippen molar-refractivity contribution in [2.24, 2.45) is 0 Å². The highest BCUT2D eigenvalue weighted by Gasteiger charge is 2.17. The van der Waals surface area contributed by atoms with Crippen LogP contribution in [0.1, 0.15) is 6.92 Å². The van der Waals surface area contributed by atoms with Crippen LogP contribution < -0.4 is 5.32 Å². The van der Waals surface area contributed by atoms with Crippen molar-refractivity contribution in [3.8, 4) is 0 Å². The Morgan fingerprint density at radius 1 is 1.35 bits per heavy atom. The maximum atomic E-state index is 11.6. The summed E-state index contributed by atoms with van der Waals surface area (Å²) in [6.45, 7) is 1.57. The van der Waals surface area contributed by atoms with Gasteiger partial charge in [0.15, 0.2) is 0 Å². The average Bonchev–Trinajstić information content (AvgIpc) is 2.28. The number of amides is 2. The van der Waals surface area contributed by atoms with E-state index < -0.39 is 5.38 Å². The van der Waals surface area contributed by atoms with Gasteiger partial charge in [0.05, 0.1) is 6.54 Å². The van der Waals surface area contributed by atoms with Crippen LogP contribution in [-0.4, -0.2) is 35.7 Å². The number of alkyl halides is 1. The fourth-order valence-electron chi connectivity index (χ4n) is 1.32. The Bertz CT molecular complexity index is 393. The lowest BCUT2D eigenvalue weighted by Crippen LogP contribution is -2.38. The molecule has 0 saturated heterocycles. The molecule has 0 saturated carbocycles. The minimum Gasteiger partial charge on any atom is -0.335 e. The van der Waals surface area contributed by atoms with Crippen LogP contribution in [0.5, 0.6) is 0 Å². The van der Waals surface area contributed by atoms with Crippen LogP contribution >= 0.6 is 11.6 Å². The molecule has 1 unspecified atom stereocenters. The smallest absolute Gasteiger partial charge is 0.243 e. The number of para-hydroxylation sites is 1. The summed E-state index contributed by atoms with van der Waals surface area (Å²) in [7, 11) is 1.55. The van der Waals surface area contributed by atoms with Gasteiger partial charge in [-0.1, -0.05) is 18.2 Å². The quantitative estimate of drug-likeness (QED) is 0.832. The van der Waals surface area contributed by atoms with Crippen molar-refractivity contribution >= 4 is 29.1 Å². The predicted molar refractivity (Wildman–Crippen MR) is 68.0 cm³/mol. The summed E-state index contributed by atoms with van der Waals surface area (Å²) in [4.78, 5) is 24.3. The normalized spacial score (nSPS) is 11.7. The summed E-state index contributed by atoms with van der Waals surface area (Å²) in [6.07, 6.45) is 0. The molecular weight excluding hydrogens is 240 g/mol. The number of anilines is 1. The van der Waals surface area contributed by atoms with E-state index >= 15 is 0 Å². The number of hydrogen-bond acceptors (Lipinski definition) is 2. The highest BCUT2D eigenvalue weighted by molar-refractivity contribution is 6.30. The molecule has 0 heterocycles. The second kappa shape index (κ2) is 6.25. The summed E-state index contributed by atoms with van der Waals surface area (Å²) in [5.41, 5.74) is 0.706. The van der Waals surface area contributed by atoms with Crippen LogP contribution in [-0.2, 0) is 9.59 Å². The van der Waals surface area contributed by atoms with Crippen LogP contribution in [0.2, 0.25) is 0 Å². The molecule has 1 rings (SSSR count). The number of rotatable bonds is 4. The number of carbonyl (C=O) groups excluding carboxylic acids is 2. The van der Waals surface area contributed by atoms with E-state index in [2.05, 4.69) is 5.32 Å². The second-order valence-corrected chi connectivity index (χ2v) is 4.38. The SMILES string of the molecule is CC(Cl)C(=O)N(C)CC(=O)Nc1ccccc1. The molecule has 0 fully saturated rings. The third-order valence-corrected chi connectivity index (χ3v) is 2.34. The van der Waals surface area contributed by atoms with Gasteiger partial charge in [0.2, 0.25) is 11.8 Å². The lowest BCUT2D eigenvalue weighted by molar-refractivity contribution is -0.132. The van der Waals surface area contributed by atoms with Gasteiger partial charge >= 0.3 is 0 Å². The molecule has 1 N–H and O–H groups in total. The Morgan fingerprint density at radius 3 is 2.47 bits per heavy atom. The molecule has 2 amide bonds. The zero-order valence-corrected chi connectivity index (χ0v) is 10.6. The van der Waals surface area contributed by atoms with E-state index in [0.717, 1.165) is 0 Å². The standard InChI is InChI=1S/C12H15ClN2O2/c1-9(13)12(17)15(2)8-11(16)14-10-6-4-3-5-7-10/h3-7,9H,8H2,1-2H3,(H,14,16). The van der Waals surface area contributed by atoms with Gasteiger partial charge in [0, 0.05) is 12.7 Å². The van der Waals surface area contributed by atoms with Gasteiger partial charge in [0.1, 0.15) is 5.38 Å². The predicted octanol–water partition coefficient (Wildman–Crippen LogP) is 1.71. The van der Waals surface area contributed by atoms with Gasteiger partial charge in [0.25, 0.3) is 0 Å². The van der Waals surface area contributed by atoms with Crippen LogP contribution in [0.4, 0.5) is 5.69 Å². The highest BCUT2D eigenvalue weighted by Crippen LogP contribution is 2.05. The molecule has 1 aromatic rings. The van der Waals surface area contributed by atoms with Gasteiger partial charge < -0.3 is 10.2 Å². The Labute approximate surface area is 106 Å². The van der Waals surface area contributed by atoms with Crippen molar-refractivity contribution in [3.63, 3.8) is 0 Å². The molecule has 0 spiro atoms. The lowest BCUT2D eigenvalue weighted by Gasteiger charge is -2.17. The first-order chi connectivity index (χ1) is 8.00. The molecule has 5 heteroatoms. The summed E-state index contributed by atoms with van der Waals surface area (Å²) in [5, 5.41) is 2.07. The fraction of sp³-hybridized carbons (Fsp3) is 0.333. The number of halogens is 1. The van der Waals surface area contributed by atoms with Gasteiger partial charge in [-0.15, -0.1) is 11.6 Å². The van der Waals surface area contributed by atoms with Crippen molar-refractivity contribution in [1.82, 2.24) is 4.90 Å². The van der Waals surface area contributed by atoms with Crippen molar-refractivity contribution < 1.29 is 9.59 Å². The van der Waals surface area contributed by atoms with Crippen LogP contribution in [0, 0.1) is 0 Å². The number of carbonyl (C=O) groups is 2. The number of nitrogens with one attached hydrogen (secondary N) is 1. The number of nitrogens with zero attached hydrogens (tertiary/aromatic N) is 1. The number of hydrogen-bond donors (Lipinski definition) is 1. The molecule has 92 valence electrons. The first-order valence-electron chi connectivity index (χ1n) is 5.24. The van der Waals surface area contributed by atoms with Crippen LogP contribution in [0.3, 0.4) is 0 Å². The van der Waals surface area contributed by atoms with Gasteiger partial charge in [-0.2, -0.15) is 0 Å². The largest absolute Gasteiger partial charge is 0.335 e. The van der Waals surface area contributed by atoms with Crippen molar-refractivity contribution in [1.29, 1.82) is 0 Å². The summed E-state index contributed by atoms with van der Waals surface area (Å²) < 4.78 is 0. The monoisotopic (exact) mass is 254 g/mol. The molecule has 0 radical (unpaired) electrons. The van der Waals surface area contributed by atoms with Gasteiger partial charge in [-0.05, 0) is 19.1 Å². The maximum absolute atomic E-state index is 11.6. The zero-order valence-electron chi connectivity index (χ0n) is 9.81. The van der Waals surface area contributed by atoms with Crippen molar-refractivity contribution in [2.45, 2.75) is 12.3 Å². The van der Waals surface area contributed by atoms with E-state index in [0.29, 0.717) is 5.69 Å². The Balaban J connectivity index is 2.48. The van der Waals surface area contributed by atoms with Crippen molar-refractivity contribution in [2.75, 3.05) is 18.9 Å².